The Hall–Kier alpha value is -1.84. The number of carbonyl (C=O) groups is 2. The van der Waals surface area contributed by atoms with Crippen LogP contribution in [-0.4, -0.2) is 22.2 Å². The minimum absolute atomic E-state index is 0.0405. The van der Waals surface area contributed by atoms with E-state index in [1.807, 2.05) is 0 Å². The topological polar surface area (TPSA) is 74.6 Å². The predicted octanol–water partition coefficient (Wildman–Crippen LogP) is 1.18. The van der Waals surface area contributed by atoms with Crippen LogP contribution in [0.2, 0.25) is 0 Å². The molecule has 72 valence electrons. The monoisotopic (exact) mass is 192 g/mol. The molecule has 0 amide bonds. The zero-order chi connectivity index (χ0) is 10.3. The Kier molecular flexibility index (Phi) is 1.77. The number of hydrogen-bond acceptors (Lipinski definition) is 2. The van der Waals surface area contributed by atoms with Crippen LogP contribution in [0.1, 0.15) is 31.8 Å². The molecule has 0 unspecified atom stereocenters. The van der Waals surface area contributed by atoms with Crippen molar-refractivity contribution in [2.45, 2.75) is 12.8 Å². The molecular formula is C10H8O4. The summed E-state index contributed by atoms with van der Waals surface area (Å²) in [6.45, 7) is 0. The van der Waals surface area contributed by atoms with Gasteiger partial charge in [-0.1, -0.05) is 6.07 Å². The van der Waals surface area contributed by atoms with Gasteiger partial charge in [0.2, 0.25) is 0 Å². The minimum atomic E-state index is -1.18. The highest BCUT2D eigenvalue weighted by Gasteiger charge is 2.26. The van der Waals surface area contributed by atoms with Crippen molar-refractivity contribution in [1.82, 2.24) is 0 Å². The Balaban J connectivity index is 2.67. The van der Waals surface area contributed by atoms with Crippen molar-refractivity contribution in [3.8, 4) is 0 Å². The Labute approximate surface area is 79.8 Å². The van der Waals surface area contributed by atoms with Gasteiger partial charge in [0.25, 0.3) is 0 Å². The molecule has 0 spiro atoms. The molecule has 0 saturated carbocycles. The number of hydrogen-bond donors (Lipinski definition) is 2. The average Bonchev–Trinajstić information content (AvgIpc) is 2.05. The van der Waals surface area contributed by atoms with E-state index in [0.717, 1.165) is 12.0 Å². The number of carboxylic acid groups (broad SMARTS) is 2. The molecule has 0 saturated heterocycles. The zero-order valence-electron chi connectivity index (χ0n) is 7.28. The number of benzene rings is 1. The Morgan fingerprint density at radius 1 is 1.07 bits per heavy atom. The molecule has 14 heavy (non-hydrogen) atoms. The third kappa shape index (κ3) is 1.08. The maximum atomic E-state index is 10.9. The largest absolute Gasteiger partial charge is 0.478 e. The molecule has 0 fully saturated rings. The predicted molar refractivity (Wildman–Crippen MR) is 47.8 cm³/mol. The van der Waals surface area contributed by atoms with Gasteiger partial charge in [-0.3, -0.25) is 0 Å². The second kappa shape index (κ2) is 2.83. The van der Waals surface area contributed by atoms with Gasteiger partial charge in [0.15, 0.2) is 0 Å². The fraction of sp³-hybridized carbons (Fsp3) is 0.200. The van der Waals surface area contributed by atoms with Gasteiger partial charge in [-0.15, -0.1) is 0 Å². The van der Waals surface area contributed by atoms with Crippen LogP contribution in [0, 0.1) is 0 Å². The average molecular weight is 192 g/mol. The Morgan fingerprint density at radius 3 is 2.21 bits per heavy atom. The van der Waals surface area contributed by atoms with Crippen LogP contribution in [0.15, 0.2) is 12.1 Å². The molecule has 4 nitrogen and oxygen atoms in total. The molecule has 1 aliphatic rings. The van der Waals surface area contributed by atoms with E-state index in [1.165, 1.54) is 6.07 Å². The van der Waals surface area contributed by atoms with Crippen LogP contribution < -0.4 is 0 Å². The highest BCUT2D eigenvalue weighted by atomic mass is 16.4. The van der Waals surface area contributed by atoms with Crippen molar-refractivity contribution < 1.29 is 19.8 Å². The fourth-order valence-electron chi connectivity index (χ4n) is 1.72. The van der Waals surface area contributed by atoms with Crippen LogP contribution >= 0.6 is 0 Å². The van der Waals surface area contributed by atoms with E-state index >= 15 is 0 Å². The van der Waals surface area contributed by atoms with E-state index in [2.05, 4.69) is 0 Å². The molecule has 0 aliphatic heterocycles. The second-order valence-electron chi connectivity index (χ2n) is 3.24. The van der Waals surface area contributed by atoms with Crippen molar-refractivity contribution in [2.24, 2.45) is 0 Å². The van der Waals surface area contributed by atoms with Crippen molar-refractivity contribution in [2.75, 3.05) is 0 Å². The lowest BCUT2D eigenvalue weighted by Gasteiger charge is -2.21. The van der Waals surface area contributed by atoms with Crippen molar-refractivity contribution in [3.05, 3.63) is 34.4 Å². The van der Waals surface area contributed by atoms with Crippen molar-refractivity contribution in [1.29, 1.82) is 0 Å². The van der Waals surface area contributed by atoms with Crippen molar-refractivity contribution in [3.63, 3.8) is 0 Å². The summed E-state index contributed by atoms with van der Waals surface area (Å²) in [5.41, 5.74) is 1.47. The second-order valence-corrected chi connectivity index (χ2v) is 3.24. The summed E-state index contributed by atoms with van der Waals surface area (Å²) in [7, 11) is 0. The fourth-order valence-corrected chi connectivity index (χ4v) is 1.72. The minimum Gasteiger partial charge on any atom is -0.478 e. The van der Waals surface area contributed by atoms with Crippen molar-refractivity contribution >= 4 is 11.9 Å². The standard InChI is InChI=1S/C10H8O4/c11-9(12)7-4-2-5-1-3-6(5)8(7)10(13)14/h2,4H,1,3H2,(H,11,12)(H,13,14). The maximum Gasteiger partial charge on any atom is 0.336 e. The summed E-state index contributed by atoms with van der Waals surface area (Å²) in [5, 5.41) is 17.7. The Morgan fingerprint density at radius 2 is 1.79 bits per heavy atom. The summed E-state index contributed by atoms with van der Waals surface area (Å²) in [4.78, 5) is 21.6. The molecule has 2 rings (SSSR count). The molecule has 2 N–H and O–H groups in total. The van der Waals surface area contributed by atoms with E-state index in [1.54, 1.807) is 6.07 Å². The summed E-state index contributed by atoms with van der Waals surface area (Å²) in [6.07, 6.45) is 1.51. The molecule has 0 radical (unpaired) electrons. The lowest BCUT2D eigenvalue weighted by molar-refractivity contribution is 0.0650. The van der Waals surface area contributed by atoms with Gasteiger partial charge in [-0.05, 0) is 30.0 Å². The van der Waals surface area contributed by atoms with Gasteiger partial charge in [-0.25, -0.2) is 9.59 Å². The Bertz CT molecular complexity index is 434. The molecular weight excluding hydrogens is 184 g/mol. The van der Waals surface area contributed by atoms with Gasteiger partial charge in [0, 0.05) is 0 Å². The molecule has 0 heterocycles. The van der Waals surface area contributed by atoms with E-state index in [9.17, 15) is 9.59 Å². The number of rotatable bonds is 2. The van der Waals surface area contributed by atoms with Crippen LogP contribution in [-0.2, 0) is 12.8 Å². The number of fused-ring (bicyclic) bond motifs is 1. The molecule has 4 heteroatoms. The summed E-state index contributed by atoms with van der Waals surface area (Å²) < 4.78 is 0. The lowest BCUT2D eigenvalue weighted by atomic mass is 9.82. The first-order valence-electron chi connectivity index (χ1n) is 4.22. The van der Waals surface area contributed by atoms with Gasteiger partial charge in [0.1, 0.15) is 0 Å². The van der Waals surface area contributed by atoms with Crippen LogP contribution in [0.4, 0.5) is 0 Å². The van der Waals surface area contributed by atoms with Gasteiger partial charge in [-0.2, -0.15) is 0 Å². The van der Waals surface area contributed by atoms with Gasteiger partial charge in [0.05, 0.1) is 11.1 Å². The smallest absolute Gasteiger partial charge is 0.336 e. The van der Waals surface area contributed by atoms with Crippen LogP contribution in [0.25, 0.3) is 0 Å². The molecule has 0 bridgehead atoms. The SMILES string of the molecule is O=C(O)c1ccc2c(c1C(=O)O)CC2. The lowest BCUT2D eigenvalue weighted by Crippen LogP contribution is -2.19. The molecule has 1 aliphatic carbocycles. The first kappa shape index (κ1) is 8.74. The molecule has 1 aromatic carbocycles. The third-order valence-electron chi connectivity index (χ3n) is 2.50. The zero-order valence-corrected chi connectivity index (χ0v) is 7.28. The van der Waals surface area contributed by atoms with E-state index < -0.39 is 11.9 Å². The molecule has 1 aromatic rings. The van der Waals surface area contributed by atoms with E-state index in [0.29, 0.717) is 12.0 Å². The summed E-state index contributed by atoms with van der Waals surface area (Å²) in [5.74, 6) is -2.34. The third-order valence-corrected chi connectivity index (χ3v) is 2.50. The van der Waals surface area contributed by atoms with E-state index in [4.69, 9.17) is 10.2 Å². The summed E-state index contributed by atoms with van der Waals surface area (Å²) >= 11 is 0. The van der Waals surface area contributed by atoms with Crippen LogP contribution in [0.5, 0.6) is 0 Å². The quantitative estimate of drug-likeness (QED) is 0.737. The first-order chi connectivity index (χ1) is 6.61. The summed E-state index contributed by atoms with van der Waals surface area (Å²) in [6, 6.07) is 3.05. The maximum absolute atomic E-state index is 10.9. The highest BCUT2D eigenvalue weighted by Crippen LogP contribution is 2.29. The first-order valence-corrected chi connectivity index (χ1v) is 4.22. The van der Waals surface area contributed by atoms with Gasteiger partial charge >= 0.3 is 11.9 Å². The van der Waals surface area contributed by atoms with Gasteiger partial charge < -0.3 is 10.2 Å². The van der Waals surface area contributed by atoms with Crippen LogP contribution in [0.3, 0.4) is 0 Å². The van der Waals surface area contributed by atoms with E-state index in [-0.39, 0.29) is 11.1 Å². The highest BCUT2D eigenvalue weighted by molar-refractivity contribution is 6.03. The number of aryl methyl sites for hydroxylation is 1. The number of aromatic carboxylic acids is 2. The number of carboxylic acids is 2. The normalized spacial score (nSPS) is 12.9. The molecule has 0 aromatic heterocycles. The molecule has 0 atom stereocenters.